The van der Waals surface area contributed by atoms with Gasteiger partial charge < -0.3 is 9.84 Å². The van der Waals surface area contributed by atoms with Gasteiger partial charge >= 0.3 is 0 Å². The van der Waals surface area contributed by atoms with E-state index >= 15 is 0 Å². The molecule has 0 aromatic heterocycles. The SMILES string of the molecule is CC(O)C(C)CCOc1ccccc1. The Labute approximate surface area is 85.5 Å². The van der Waals surface area contributed by atoms with Crippen LogP contribution in [0.2, 0.25) is 0 Å². The Morgan fingerprint density at radius 2 is 1.86 bits per heavy atom. The summed E-state index contributed by atoms with van der Waals surface area (Å²) in [7, 11) is 0. The van der Waals surface area contributed by atoms with Crippen molar-refractivity contribution in [3.8, 4) is 5.75 Å². The Balaban J connectivity index is 2.22. The van der Waals surface area contributed by atoms with Crippen LogP contribution >= 0.6 is 0 Å². The van der Waals surface area contributed by atoms with Crippen molar-refractivity contribution < 1.29 is 9.84 Å². The van der Waals surface area contributed by atoms with Gasteiger partial charge in [-0.2, -0.15) is 0 Å². The quantitative estimate of drug-likeness (QED) is 0.780. The molecular formula is C12H18O2. The molecule has 2 atom stereocenters. The number of aliphatic hydroxyl groups excluding tert-OH is 1. The van der Waals surface area contributed by atoms with Crippen LogP contribution in [-0.2, 0) is 0 Å². The molecule has 0 spiro atoms. The van der Waals surface area contributed by atoms with E-state index in [1.165, 1.54) is 0 Å². The molecular weight excluding hydrogens is 176 g/mol. The minimum Gasteiger partial charge on any atom is -0.494 e. The Bertz CT molecular complexity index is 244. The van der Waals surface area contributed by atoms with Gasteiger partial charge in [-0.25, -0.2) is 0 Å². The second-order valence-corrected chi connectivity index (χ2v) is 3.67. The fourth-order valence-electron chi connectivity index (χ4n) is 1.12. The van der Waals surface area contributed by atoms with Crippen LogP contribution in [0, 0.1) is 5.92 Å². The average Bonchev–Trinajstić information content (AvgIpc) is 2.19. The average molecular weight is 194 g/mol. The summed E-state index contributed by atoms with van der Waals surface area (Å²) in [6.07, 6.45) is 0.626. The fraction of sp³-hybridized carbons (Fsp3) is 0.500. The van der Waals surface area contributed by atoms with E-state index in [1.807, 2.05) is 44.2 Å². The molecule has 0 radical (unpaired) electrons. The van der Waals surface area contributed by atoms with Crippen molar-refractivity contribution in [2.24, 2.45) is 5.92 Å². The van der Waals surface area contributed by atoms with Crippen molar-refractivity contribution in [3.05, 3.63) is 30.3 Å². The first kappa shape index (κ1) is 11.1. The highest BCUT2D eigenvalue weighted by molar-refractivity contribution is 5.20. The second-order valence-electron chi connectivity index (χ2n) is 3.67. The minimum absolute atomic E-state index is 0.255. The molecule has 0 aliphatic carbocycles. The molecule has 0 aliphatic heterocycles. The summed E-state index contributed by atoms with van der Waals surface area (Å²) < 4.78 is 5.52. The molecule has 78 valence electrons. The minimum atomic E-state index is -0.255. The first-order chi connectivity index (χ1) is 6.70. The van der Waals surface area contributed by atoms with E-state index in [1.54, 1.807) is 0 Å². The Morgan fingerprint density at radius 3 is 2.43 bits per heavy atom. The number of rotatable bonds is 5. The molecule has 2 heteroatoms. The van der Waals surface area contributed by atoms with Crippen molar-refractivity contribution in [1.82, 2.24) is 0 Å². The van der Waals surface area contributed by atoms with Crippen LogP contribution < -0.4 is 4.74 Å². The van der Waals surface area contributed by atoms with Gasteiger partial charge in [-0.15, -0.1) is 0 Å². The van der Waals surface area contributed by atoms with Gasteiger partial charge in [0, 0.05) is 0 Å². The molecule has 0 saturated carbocycles. The number of ether oxygens (including phenoxy) is 1. The van der Waals surface area contributed by atoms with Gasteiger partial charge in [0.2, 0.25) is 0 Å². The van der Waals surface area contributed by atoms with Gasteiger partial charge in [0.25, 0.3) is 0 Å². The lowest BCUT2D eigenvalue weighted by Gasteiger charge is -2.14. The van der Waals surface area contributed by atoms with Crippen molar-refractivity contribution in [1.29, 1.82) is 0 Å². The lowest BCUT2D eigenvalue weighted by molar-refractivity contribution is 0.118. The van der Waals surface area contributed by atoms with Crippen molar-refractivity contribution in [2.75, 3.05) is 6.61 Å². The van der Waals surface area contributed by atoms with E-state index < -0.39 is 0 Å². The molecule has 0 heterocycles. The smallest absolute Gasteiger partial charge is 0.119 e. The summed E-state index contributed by atoms with van der Waals surface area (Å²) in [4.78, 5) is 0. The summed E-state index contributed by atoms with van der Waals surface area (Å²) in [6.45, 7) is 4.50. The molecule has 0 amide bonds. The largest absolute Gasteiger partial charge is 0.494 e. The van der Waals surface area contributed by atoms with Gasteiger partial charge in [-0.1, -0.05) is 25.1 Å². The van der Waals surface area contributed by atoms with E-state index in [4.69, 9.17) is 4.74 Å². The van der Waals surface area contributed by atoms with Crippen molar-refractivity contribution in [3.63, 3.8) is 0 Å². The maximum absolute atomic E-state index is 9.26. The van der Waals surface area contributed by atoms with Crippen LogP contribution in [0.4, 0.5) is 0 Å². The summed E-state index contributed by atoms with van der Waals surface area (Å²) in [5.41, 5.74) is 0. The van der Waals surface area contributed by atoms with Crippen LogP contribution in [0.5, 0.6) is 5.75 Å². The maximum atomic E-state index is 9.26. The number of para-hydroxylation sites is 1. The maximum Gasteiger partial charge on any atom is 0.119 e. The van der Waals surface area contributed by atoms with Crippen molar-refractivity contribution >= 4 is 0 Å². The molecule has 0 bridgehead atoms. The summed E-state index contributed by atoms with van der Waals surface area (Å²) in [5, 5.41) is 9.26. The van der Waals surface area contributed by atoms with E-state index in [0.29, 0.717) is 12.5 Å². The van der Waals surface area contributed by atoms with Crippen LogP contribution in [0.3, 0.4) is 0 Å². The van der Waals surface area contributed by atoms with Crippen LogP contribution in [0.15, 0.2) is 30.3 Å². The van der Waals surface area contributed by atoms with Crippen LogP contribution in [-0.4, -0.2) is 17.8 Å². The topological polar surface area (TPSA) is 29.5 Å². The third-order valence-corrected chi connectivity index (χ3v) is 2.41. The zero-order valence-corrected chi connectivity index (χ0v) is 8.81. The van der Waals surface area contributed by atoms with Gasteiger partial charge in [-0.05, 0) is 31.4 Å². The highest BCUT2D eigenvalue weighted by Gasteiger charge is 2.08. The number of aliphatic hydroxyl groups is 1. The Hall–Kier alpha value is -1.02. The Kier molecular flexibility index (Phi) is 4.47. The van der Waals surface area contributed by atoms with E-state index in [0.717, 1.165) is 12.2 Å². The second kappa shape index (κ2) is 5.66. The number of hydrogen-bond donors (Lipinski definition) is 1. The lowest BCUT2D eigenvalue weighted by Crippen LogP contribution is -2.15. The lowest BCUT2D eigenvalue weighted by atomic mass is 10.0. The molecule has 0 aliphatic rings. The zero-order valence-electron chi connectivity index (χ0n) is 8.81. The third kappa shape index (κ3) is 3.79. The summed E-state index contributed by atoms with van der Waals surface area (Å²) in [5.74, 6) is 1.18. The molecule has 0 fully saturated rings. The highest BCUT2D eigenvalue weighted by Crippen LogP contribution is 2.11. The third-order valence-electron chi connectivity index (χ3n) is 2.41. The van der Waals surface area contributed by atoms with Crippen molar-refractivity contribution in [2.45, 2.75) is 26.4 Å². The summed E-state index contributed by atoms with van der Waals surface area (Å²) in [6, 6.07) is 9.74. The normalized spacial score (nSPS) is 14.8. The fourth-order valence-corrected chi connectivity index (χ4v) is 1.12. The predicted octanol–water partition coefficient (Wildman–Crippen LogP) is 2.47. The van der Waals surface area contributed by atoms with Gasteiger partial charge in [0.05, 0.1) is 12.7 Å². The molecule has 0 saturated heterocycles. The first-order valence-electron chi connectivity index (χ1n) is 5.06. The Morgan fingerprint density at radius 1 is 1.21 bits per heavy atom. The molecule has 2 nitrogen and oxygen atoms in total. The molecule has 1 aromatic rings. The van der Waals surface area contributed by atoms with Crippen LogP contribution in [0.1, 0.15) is 20.3 Å². The van der Waals surface area contributed by atoms with E-state index in [-0.39, 0.29) is 6.10 Å². The number of benzene rings is 1. The molecule has 1 rings (SSSR count). The molecule has 1 aromatic carbocycles. The van der Waals surface area contributed by atoms with Gasteiger partial charge in [0.15, 0.2) is 0 Å². The standard InChI is InChI=1S/C12H18O2/c1-10(11(2)13)8-9-14-12-6-4-3-5-7-12/h3-7,10-11,13H,8-9H2,1-2H3. The van der Waals surface area contributed by atoms with Crippen LogP contribution in [0.25, 0.3) is 0 Å². The summed E-state index contributed by atoms with van der Waals surface area (Å²) >= 11 is 0. The first-order valence-corrected chi connectivity index (χ1v) is 5.06. The van der Waals surface area contributed by atoms with Gasteiger partial charge in [0.1, 0.15) is 5.75 Å². The monoisotopic (exact) mass is 194 g/mol. The van der Waals surface area contributed by atoms with Gasteiger partial charge in [-0.3, -0.25) is 0 Å². The predicted molar refractivity (Wildman–Crippen MR) is 57.4 cm³/mol. The zero-order chi connectivity index (χ0) is 10.4. The highest BCUT2D eigenvalue weighted by atomic mass is 16.5. The number of hydrogen-bond acceptors (Lipinski definition) is 2. The molecule has 1 N–H and O–H groups in total. The molecule has 14 heavy (non-hydrogen) atoms. The van der Waals surface area contributed by atoms with E-state index in [9.17, 15) is 5.11 Å². The molecule has 2 unspecified atom stereocenters. The van der Waals surface area contributed by atoms with E-state index in [2.05, 4.69) is 0 Å².